The average Bonchev–Trinajstić information content (AvgIpc) is 2.62. The van der Waals surface area contributed by atoms with Crippen molar-refractivity contribution in [3.05, 3.63) is 94.6 Å². The number of aryl methyl sites for hydroxylation is 2. The van der Waals surface area contributed by atoms with Gasteiger partial charge >= 0.3 is 0 Å². The fourth-order valence-electron chi connectivity index (χ4n) is 2.86. The first kappa shape index (κ1) is 19.0. The van der Waals surface area contributed by atoms with E-state index >= 15 is 0 Å². The SMILES string of the molecule is C=CCC(=C/c1ccc(C)cc1)/C(=C/c1ccc(C)cc1)CCCC. The van der Waals surface area contributed by atoms with E-state index in [4.69, 9.17) is 0 Å². The smallest absolute Gasteiger partial charge is 0.00972 e. The Labute approximate surface area is 153 Å². The first-order valence-corrected chi connectivity index (χ1v) is 9.28. The quantitative estimate of drug-likeness (QED) is 0.346. The van der Waals surface area contributed by atoms with Crippen LogP contribution in [0.3, 0.4) is 0 Å². The number of rotatable bonds is 8. The fraction of sp³-hybridized carbons (Fsp3) is 0.280. The zero-order valence-electron chi connectivity index (χ0n) is 15.9. The zero-order chi connectivity index (χ0) is 18.1. The molecule has 0 bridgehead atoms. The van der Waals surface area contributed by atoms with Gasteiger partial charge in [-0.05, 0) is 55.4 Å². The summed E-state index contributed by atoms with van der Waals surface area (Å²) in [5.41, 5.74) is 7.92. The summed E-state index contributed by atoms with van der Waals surface area (Å²) in [5.74, 6) is 0. The second-order valence-corrected chi connectivity index (χ2v) is 6.76. The van der Waals surface area contributed by atoms with Gasteiger partial charge in [0.2, 0.25) is 0 Å². The predicted octanol–water partition coefficient (Wildman–Crippen LogP) is 7.54. The maximum atomic E-state index is 3.97. The van der Waals surface area contributed by atoms with Gasteiger partial charge in [0.05, 0.1) is 0 Å². The Kier molecular flexibility index (Phi) is 7.47. The molecule has 0 amide bonds. The van der Waals surface area contributed by atoms with Crippen LogP contribution >= 0.6 is 0 Å². The minimum atomic E-state index is 0.898. The van der Waals surface area contributed by atoms with E-state index < -0.39 is 0 Å². The summed E-state index contributed by atoms with van der Waals surface area (Å²) in [4.78, 5) is 0. The van der Waals surface area contributed by atoms with Gasteiger partial charge in [0.1, 0.15) is 0 Å². The molecule has 0 heteroatoms. The molecule has 0 aliphatic heterocycles. The van der Waals surface area contributed by atoms with Crippen LogP contribution in [0.15, 0.2) is 72.3 Å². The minimum Gasteiger partial charge on any atom is -0.103 e. The van der Waals surface area contributed by atoms with Gasteiger partial charge in [-0.25, -0.2) is 0 Å². The molecular formula is C25H30. The number of unbranched alkanes of at least 4 members (excludes halogenated alkanes) is 1. The Hall–Kier alpha value is -2.34. The Bertz CT molecular complexity index is 725. The Balaban J connectivity index is 2.40. The van der Waals surface area contributed by atoms with E-state index in [0.717, 1.165) is 12.8 Å². The zero-order valence-corrected chi connectivity index (χ0v) is 15.9. The molecular weight excluding hydrogens is 300 g/mol. The second kappa shape index (κ2) is 9.84. The van der Waals surface area contributed by atoms with Gasteiger partial charge < -0.3 is 0 Å². The molecule has 0 heterocycles. The van der Waals surface area contributed by atoms with Crippen LogP contribution in [0.4, 0.5) is 0 Å². The van der Waals surface area contributed by atoms with Crippen molar-refractivity contribution in [1.29, 1.82) is 0 Å². The molecule has 0 aliphatic carbocycles. The van der Waals surface area contributed by atoms with Crippen molar-refractivity contribution in [2.75, 3.05) is 0 Å². The third kappa shape index (κ3) is 6.23. The Morgan fingerprint density at radius 3 is 1.72 bits per heavy atom. The van der Waals surface area contributed by atoms with Crippen LogP contribution in [0.1, 0.15) is 54.9 Å². The predicted molar refractivity (Wildman–Crippen MR) is 113 cm³/mol. The van der Waals surface area contributed by atoms with Crippen molar-refractivity contribution in [3.63, 3.8) is 0 Å². The lowest BCUT2D eigenvalue weighted by atomic mass is 9.93. The molecule has 0 N–H and O–H groups in total. The number of hydrogen-bond donors (Lipinski definition) is 0. The molecule has 0 unspecified atom stereocenters. The van der Waals surface area contributed by atoms with E-state index in [1.807, 2.05) is 6.08 Å². The first-order chi connectivity index (χ1) is 12.1. The van der Waals surface area contributed by atoms with Gasteiger partial charge in [0.15, 0.2) is 0 Å². The van der Waals surface area contributed by atoms with Gasteiger partial charge in [-0.3, -0.25) is 0 Å². The standard InChI is InChI=1S/C25H30/c1-5-7-9-25(19-23-16-12-21(4)13-17-23)24(8-6-2)18-22-14-10-20(3)11-15-22/h6,10-19H,2,5,7-9H2,1,3-4H3/b24-18-,25-19+. The van der Waals surface area contributed by atoms with E-state index in [-0.39, 0.29) is 0 Å². The molecule has 0 spiro atoms. The lowest BCUT2D eigenvalue weighted by molar-refractivity contribution is 0.792. The molecule has 0 fully saturated rings. The normalized spacial score (nSPS) is 12.3. The third-order valence-corrected chi connectivity index (χ3v) is 4.41. The highest BCUT2D eigenvalue weighted by Gasteiger charge is 2.05. The molecule has 2 rings (SSSR count). The van der Waals surface area contributed by atoms with Crippen LogP contribution in [0.2, 0.25) is 0 Å². The monoisotopic (exact) mass is 330 g/mol. The summed E-state index contributed by atoms with van der Waals surface area (Å²) in [5, 5.41) is 0. The van der Waals surface area contributed by atoms with Crippen molar-refractivity contribution < 1.29 is 0 Å². The summed E-state index contributed by atoms with van der Waals surface area (Å²) >= 11 is 0. The van der Waals surface area contributed by atoms with Gasteiger partial charge in [-0.15, -0.1) is 6.58 Å². The number of allylic oxidation sites excluding steroid dienone is 3. The number of benzene rings is 2. The van der Waals surface area contributed by atoms with Crippen molar-refractivity contribution in [2.45, 2.75) is 46.5 Å². The van der Waals surface area contributed by atoms with E-state index in [0.29, 0.717) is 0 Å². The highest BCUT2D eigenvalue weighted by molar-refractivity contribution is 5.66. The maximum Gasteiger partial charge on any atom is -0.00972 e. The average molecular weight is 331 g/mol. The molecule has 2 aromatic rings. The molecule has 0 saturated heterocycles. The summed E-state index contributed by atoms with van der Waals surface area (Å²) in [6.07, 6.45) is 11.1. The van der Waals surface area contributed by atoms with E-state index in [9.17, 15) is 0 Å². The molecule has 2 aromatic carbocycles. The van der Waals surface area contributed by atoms with Crippen molar-refractivity contribution in [3.8, 4) is 0 Å². The van der Waals surface area contributed by atoms with Crippen molar-refractivity contribution in [1.82, 2.24) is 0 Å². The highest BCUT2D eigenvalue weighted by Crippen LogP contribution is 2.26. The van der Waals surface area contributed by atoms with Crippen LogP contribution in [0.25, 0.3) is 12.2 Å². The molecule has 0 aromatic heterocycles. The molecule has 0 saturated carbocycles. The fourth-order valence-corrected chi connectivity index (χ4v) is 2.86. The van der Waals surface area contributed by atoms with Crippen molar-refractivity contribution >= 4 is 12.2 Å². The largest absolute Gasteiger partial charge is 0.103 e. The Morgan fingerprint density at radius 2 is 1.28 bits per heavy atom. The lowest BCUT2D eigenvalue weighted by Crippen LogP contribution is -1.92. The molecule has 0 atom stereocenters. The van der Waals surface area contributed by atoms with Crippen LogP contribution in [-0.4, -0.2) is 0 Å². The van der Waals surface area contributed by atoms with E-state index in [1.165, 1.54) is 46.2 Å². The van der Waals surface area contributed by atoms with Gasteiger partial charge in [-0.1, -0.05) is 91.2 Å². The minimum absolute atomic E-state index is 0.898. The topological polar surface area (TPSA) is 0 Å². The van der Waals surface area contributed by atoms with Gasteiger partial charge in [0.25, 0.3) is 0 Å². The molecule has 0 radical (unpaired) electrons. The van der Waals surface area contributed by atoms with Gasteiger partial charge in [-0.2, -0.15) is 0 Å². The molecule has 0 nitrogen and oxygen atoms in total. The summed E-state index contributed by atoms with van der Waals surface area (Å²) < 4.78 is 0. The van der Waals surface area contributed by atoms with Crippen LogP contribution in [-0.2, 0) is 0 Å². The number of hydrogen-bond acceptors (Lipinski definition) is 0. The summed E-state index contributed by atoms with van der Waals surface area (Å²) in [6.45, 7) is 10.5. The third-order valence-electron chi connectivity index (χ3n) is 4.41. The van der Waals surface area contributed by atoms with E-state index in [2.05, 4.69) is 88.0 Å². The first-order valence-electron chi connectivity index (χ1n) is 9.28. The maximum absolute atomic E-state index is 3.97. The van der Waals surface area contributed by atoms with Crippen LogP contribution in [0, 0.1) is 13.8 Å². The van der Waals surface area contributed by atoms with Crippen LogP contribution in [0.5, 0.6) is 0 Å². The van der Waals surface area contributed by atoms with E-state index in [1.54, 1.807) is 0 Å². The molecule has 25 heavy (non-hydrogen) atoms. The lowest BCUT2D eigenvalue weighted by Gasteiger charge is -2.12. The summed E-state index contributed by atoms with van der Waals surface area (Å²) in [6, 6.07) is 17.5. The molecule has 130 valence electrons. The second-order valence-electron chi connectivity index (χ2n) is 6.76. The van der Waals surface area contributed by atoms with Gasteiger partial charge in [0, 0.05) is 0 Å². The Morgan fingerprint density at radius 1 is 0.800 bits per heavy atom. The van der Waals surface area contributed by atoms with Crippen LogP contribution < -0.4 is 0 Å². The highest BCUT2D eigenvalue weighted by atomic mass is 14.1. The van der Waals surface area contributed by atoms with Crippen molar-refractivity contribution in [2.24, 2.45) is 0 Å². The summed E-state index contributed by atoms with van der Waals surface area (Å²) in [7, 11) is 0. The molecule has 0 aliphatic rings.